The molecular weight excluding hydrogens is 654 g/mol. The summed E-state index contributed by atoms with van der Waals surface area (Å²) in [4.78, 5) is 13.5. The van der Waals surface area contributed by atoms with Crippen molar-refractivity contribution in [1.82, 2.24) is 20.2 Å². The number of nitrogens with one attached hydrogen (secondary N) is 1. The molecule has 4 fully saturated rings. The largest absolute Gasteiger partial charge is 0.463 e. The monoisotopic (exact) mass is 685 g/mol. The number of nitrogens with two attached hydrogens (primary N) is 1. The third kappa shape index (κ3) is 5.33. The second kappa shape index (κ2) is 11.1. The molecule has 8 nitrogen and oxygen atoms in total. The van der Waals surface area contributed by atoms with Crippen molar-refractivity contribution in [1.29, 1.82) is 5.26 Å². The van der Waals surface area contributed by atoms with Crippen molar-refractivity contribution >= 4 is 54.7 Å². The number of aromatic nitrogens is 2. The summed E-state index contributed by atoms with van der Waals surface area (Å²) < 4.78 is 65.1. The fraction of sp³-hybridized carbons (Fsp3) is 0.485. The number of benzene rings is 2. The van der Waals surface area contributed by atoms with Gasteiger partial charge in [0.15, 0.2) is 5.82 Å². The van der Waals surface area contributed by atoms with Crippen molar-refractivity contribution < 1.29 is 22.3 Å². The van der Waals surface area contributed by atoms with Gasteiger partial charge in [0.1, 0.15) is 28.2 Å². The van der Waals surface area contributed by atoms with E-state index >= 15 is 4.39 Å². The van der Waals surface area contributed by atoms with Gasteiger partial charge in [-0.25, -0.2) is 17.6 Å². The summed E-state index contributed by atoms with van der Waals surface area (Å²) in [5.41, 5.74) is 6.11. The van der Waals surface area contributed by atoms with E-state index in [0.717, 1.165) is 37.0 Å². The summed E-state index contributed by atoms with van der Waals surface area (Å²) in [6.45, 7) is 2.21. The van der Waals surface area contributed by atoms with Gasteiger partial charge in [0.25, 0.3) is 5.92 Å². The van der Waals surface area contributed by atoms with Gasteiger partial charge >= 0.3 is 6.01 Å². The van der Waals surface area contributed by atoms with Crippen LogP contribution < -0.4 is 20.7 Å². The van der Waals surface area contributed by atoms with E-state index in [0.29, 0.717) is 30.8 Å². The Labute approximate surface area is 277 Å². The standard InChI is InChI=1S/C33H32ClF4N7OS/c1-44(18-9-33(37,38)10-18)14-32(6-7-32)15-46-31-42-27-20(30(43-31)45-12-16-2-3-17(13-45)41-16)8-22(34)25(26(27)36)19-4-5-23(35)28-24(19)21(11-39)29(40)47-28/h4-5,8,16-18,41H,2-3,6-7,9-10,12-15,40H2,1H3. The predicted molar refractivity (Wildman–Crippen MR) is 174 cm³/mol. The number of nitrogens with zero attached hydrogens (tertiary/aromatic N) is 5. The van der Waals surface area contributed by atoms with E-state index in [1.807, 2.05) is 18.0 Å². The fourth-order valence-corrected chi connectivity index (χ4v) is 8.78. The normalized spacial score (nSPS) is 23.0. The summed E-state index contributed by atoms with van der Waals surface area (Å²) in [6.07, 6.45) is 3.54. The number of anilines is 2. The molecule has 3 N–H and O–H groups in total. The lowest BCUT2D eigenvalue weighted by Crippen LogP contribution is -2.51. The Kier molecular flexibility index (Phi) is 7.26. The van der Waals surface area contributed by atoms with Crippen molar-refractivity contribution in [2.75, 3.05) is 43.9 Å². The summed E-state index contributed by atoms with van der Waals surface area (Å²) in [5, 5.41) is 14.3. The molecule has 2 aromatic heterocycles. The van der Waals surface area contributed by atoms with Crippen LogP contribution >= 0.6 is 22.9 Å². The number of thiophene rings is 1. The van der Waals surface area contributed by atoms with Crippen molar-refractivity contribution in [3.63, 3.8) is 0 Å². The highest BCUT2D eigenvalue weighted by Crippen LogP contribution is 2.49. The van der Waals surface area contributed by atoms with Crippen molar-refractivity contribution in [3.8, 4) is 23.2 Å². The first kappa shape index (κ1) is 30.9. The zero-order valence-corrected chi connectivity index (χ0v) is 27.1. The number of ether oxygens (including phenoxy) is 1. The molecule has 0 spiro atoms. The molecule has 0 amide bonds. The van der Waals surface area contributed by atoms with Crippen molar-refractivity contribution in [2.24, 2.45) is 5.41 Å². The van der Waals surface area contributed by atoms with Gasteiger partial charge in [0.05, 0.1) is 21.9 Å². The minimum atomic E-state index is -2.59. The topological polar surface area (TPSA) is 103 Å². The molecule has 8 rings (SSSR count). The van der Waals surface area contributed by atoms with Gasteiger partial charge in [-0.1, -0.05) is 17.7 Å². The van der Waals surface area contributed by atoms with Crippen LogP contribution in [0.1, 0.15) is 44.1 Å². The molecule has 2 aliphatic heterocycles. The Morgan fingerprint density at radius 1 is 1.19 bits per heavy atom. The first-order valence-electron chi connectivity index (χ1n) is 15.8. The number of hydrogen-bond acceptors (Lipinski definition) is 9. The summed E-state index contributed by atoms with van der Waals surface area (Å²) in [5.74, 6) is -3.40. The average molecular weight is 686 g/mol. The smallest absolute Gasteiger partial charge is 0.319 e. The Balaban J connectivity index is 1.20. The Morgan fingerprint density at radius 3 is 2.57 bits per heavy atom. The lowest BCUT2D eigenvalue weighted by Gasteiger charge is -2.42. The second-order valence-electron chi connectivity index (χ2n) is 13.7. The Bertz CT molecular complexity index is 1960. The van der Waals surface area contributed by atoms with E-state index in [-0.39, 0.29) is 91.3 Å². The van der Waals surface area contributed by atoms with Gasteiger partial charge in [0.2, 0.25) is 0 Å². The number of rotatable bonds is 8. The number of alkyl halides is 2. The molecule has 2 atom stereocenters. The van der Waals surface area contributed by atoms with Crippen LogP contribution in [0.5, 0.6) is 6.01 Å². The lowest BCUT2D eigenvalue weighted by molar-refractivity contribution is -0.122. The molecule has 246 valence electrons. The quantitative estimate of drug-likeness (QED) is 0.197. The SMILES string of the molecule is CN(CC1(COc2nc(N3CC4CCC(C3)N4)c3cc(Cl)c(-c4ccc(F)c5sc(N)c(C#N)c45)c(F)c3n2)CC1)C1CC(F)(F)C1. The minimum Gasteiger partial charge on any atom is -0.463 e. The van der Waals surface area contributed by atoms with Crippen molar-refractivity contribution in [2.45, 2.75) is 62.6 Å². The summed E-state index contributed by atoms with van der Waals surface area (Å²) >= 11 is 7.76. The Morgan fingerprint density at radius 2 is 1.91 bits per heavy atom. The van der Waals surface area contributed by atoms with E-state index < -0.39 is 17.6 Å². The van der Waals surface area contributed by atoms with E-state index in [9.17, 15) is 18.4 Å². The molecule has 2 bridgehead atoms. The molecule has 4 aliphatic rings. The highest BCUT2D eigenvalue weighted by atomic mass is 35.5. The van der Waals surface area contributed by atoms with Crippen LogP contribution in [0, 0.1) is 28.4 Å². The zero-order chi connectivity index (χ0) is 32.8. The van der Waals surface area contributed by atoms with Gasteiger partial charge < -0.3 is 25.6 Å². The third-order valence-corrected chi connectivity index (χ3v) is 11.6. The fourth-order valence-electron chi connectivity index (χ4n) is 7.53. The maximum Gasteiger partial charge on any atom is 0.319 e. The molecule has 2 saturated carbocycles. The maximum absolute atomic E-state index is 16.9. The molecule has 4 aromatic rings. The minimum absolute atomic E-state index is 0.00636. The number of hydrogen-bond donors (Lipinski definition) is 2. The van der Waals surface area contributed by atoms with Gasteiger partial charge in [-0.2, -0.15) is 15.2 Å². The average Bonchev–Trinajstić information content (AvgIpc) is 3.57. The lowest BCUT2D eigenvalue weighted by atomic mass is 9.86. The highest BCUT2D eigenvalue weighted by molar-refractivity contribution is 7.23. The Hall–Kier alpha value is -3.44. The number of nitriles is 1. The van der Waals surface area contributed by atoms with Gasteiger partial charge in [-0.15, -0.1) is 11.3 Å². The number of nitrogen functional groups attached to an aromatic ring is 1. The number of piperazine rings is 1. The summed E-state index contributed by atoms with van der Waals surface area (Å²) in [6, 6.07) is 6.66. The molecule has 0 radical (unpaired) electrons. The third-order valence-electron chi connectivity index (χ3n) is 10.3. The van der Waals surface area contributed by atoms with E-state index in [4.69, 9.17) is 27.1 Å². The van der Waals surface area contributed by atoms with E-state index in [2.05, 4.69) is 15.2 Å². The molecule has 2 aromatic carbocycles. The van der Waals surface area contributed by atoms with Gasteiger partial charge in [0, 0.05) is 72.4 Å². The first-order chi connectivity index (χ1) is 22.4. The van der Waals surface area contributed by atoms with Crippen LogP contribution in [0.25, 0.3) is 32.1 Å². The van der Waals surface area contributed by atoms with Crippen LogP contribution in [0.3, 0.4) is 0 Å². The van der Waals surface area contributed by atoms with Crippen LogP contribution in [0.15, 0.2) is 18.2 Å². The molecule has 47 heavy (non-hydrogen) atoms. The van der Waals surface area contributed by atoms with E-state index in [1.165, 1.54) is 12.1 Å². The molecule has 14 heteroatoms. The van der Waals surface area contributed by atoms with Gasteiger partial charge in [-0.05, 0) is 50.4 Å². The molecule has 2 saturated heterocycles. The van der Waals surface area contributed by atoms with Crippen LogP contribution in [0.4, 0.5) is 28.4 Å². The molecule has 2 aliphatic carbocycles. The number of halogens is 5. The molecular formula is C33H32ClF4N7OS. The van der Waals surface area contributed by atoms with Gasteiger partial charge in [-0.3, -0.25) is 0 Å². The second-order valence-corrected chi connectivity index (χ2v) is 15.1. The molecule has 2 unspecified atom stereocenters. The first-order valence-corrected chi connectivity index (χ1v) is 17.0. The van der Waals surface area contributed by atoms with E-state index in [1.54, 1.807) is 6.07 Å². The van der Waals surface area contributed by atoms with Crippen LogP contribution in [0.2, 0.25) is 5.02 Å². The predicted octanol–water partition coefficient (Wildman–Crippen LogP) is 6.73. The molecule has 4 heterocycles. The van der Waals surface area contributed by atoms with Crippen molar-refractivity contribution in [3.05, 3.63) is 40.4 Å². The maximum atomic E-state index is 16.9. The highest BCUT2D eigenvalue weighted by Gasteiger charge is 2.51. The van der Waals surface area contributed by atoms with Crippen LogP contribution in [-0.2, 0) is 0 Å². The number of fused-ring (bicyclic) bond motifs is 4. The zero-order valence-electron chi connectivity index (χ0n) is 25.6. The van der Waals surface area contributed by atoms with Crippen LogP contribution in [-0.4, -0.2) is 72.2 Å². The summed E-state index contributed by atoms with van der Waals surface area (Å²) in [7, 11) is 1.87.